The van der Waals surface area contributed by atoms with Crippen LogP contribution < -0.4 is 4.90 Å². The number of halogens is 4. The Labute approximate surface area is 120 Å². The molecule has 2 aromatic rings. The Bertz CT molecular complexity index is 621. The van der Waals surface area contributed by atoms with E-state index < -0.39 is 11.7 Å². The molecular weight excluding hydrogens is 287 g/mol. The zero-order valence-corrected chi connectivity index (χ0v) is 11.8. The average molecular weight is 300 g/mol. The Morgan fingerprint density at radius 3 is 2.25 bits per heavy atom. The maximum atomic E-state index is 12.7. The number of rotatable bonds is 2. The van der Waals surface area contributed by atoms with Gasteiger partial charge >= 0.3 is 6.18 Å². The molecule has 0 aromatic heterocycles. The van der Waals surface area contributed by atoms with Gasteiger partial charge in [0.25, 0.3) is 0 Å². The van der Waals surface area contributed by atoms with Crippen molar-refractivity contribution in [3.63, 3.8) is 0 Å². The molecule has 0 unspecified atom stereocenters. The Balaban J connectivity index is 2.47. The Morgan fingerprint density at radius 1 is 1.00 bits per heavy atom. The van der Waals surface area contributed by atoms with E-state index in [9.17, 15) is 13.2 Å². The molecule has 0 heterocycles. The molecule has 0 saturated carbocycles. The summed E-state index contributed by atoms with van der Waals surface area (Å²) in [6, 6.07) is 10.4. The van der Waals surface area contributed by atoms with Crippen LogP contribution in [0.4, 0.5) is 18.9 Å². The molecule has 0 amide bonds. The molecule has 0 atom stereocenters. The summed E-state index contributed by atoms with van der Waals surface area (Å²) < 4.78 is 38.1. The quantitative estimate of drug-likeness (QED) is 0.746. The lowest BCUT2D eigenvalue weighted by atomic mass is 10.0. The van der Waals surface area contributed by atoms with Gasteiger partial charge in [0.05, 0.1) is 10.6 Å². The van der Waals surface area contributed by atoms with Gasteiger partial charge < -0.3 is 4.90 Å². The highest BCUT2D eigenvalue weighted by atomic mass is 35.5. The Hall–Kier alpha value is -1.68. The summed E-state index contributed by atoms with van der Waals surface area (Å²) in [4.78, 5) is 1.88. The number of alkyl halides is 3. The van der Waals surface area contributed by atoms with Crippen LogP contribution >= 0.6 is 11.6 Å². The first kappa shape index (κ1) is 14.7. The normalized spacial score (nSPS) is 11.5. The van der Waals surface area contributed by atoms with Crippen LogP contribution in [0.2, 0.25) is 5.02 Å². The summed E-state index contributed by atoms with van der Waals surface area (Å²) in [6.45, 7) is 0. The van der Waals surface area contributed by atoms with Crippen molar-refractivity contribution < 1.29 is 13.2 Å². The van der Waals surface area contributed by atoms with Gasteiger partial charge in [-0.05, 0) is 29.8 Å². The van der Waals surface area contributed by atoms with E-state index in [1.165, 1.54) is 6.07 Å². The van der Waals surface area contributed by atoms with Crippen molar-refractivity contribution in [2.75, 3.05) is 19.0 Å². The summed E-state index contributed by atoms with van der Waals surface area (Å²) in [5.74, 6) is 0. The van der Waals surface area contributed by atoms with Gasteiger partial charge in [-0.15, -0.1) is 0 Å². The second-order valence-corrected chi connectivity index (χ2v) is 5.04. The van der Waals surface area contributed by atoms with E-state index in [-0.39, 0.29) is 0 Å². The van der Waals surface area contributed by atoms with E-state index in [4.69, 9.17) is 11.6 Å². The van der Waals surface area contributed by atoms with Crippen molar-refractivity contribution in [3.05, 3.63) is 53.1 Å². The van der Waals surface area contributed by atoms with Gasteiger partial charge in [0.1, 0.15) is 0 Å². The van der Waals surface area contributed by atoms with Crippen molar-refractivity contribution in [1.82, 2.24) is 0 Å². The molecule has 0 radical (unpaired) electrons. The molecule has 0 spiro atoms. The van der Waals surface area contributed by atoms with E-state index in [0.717, 1.165) is 17.8 Å². The van der Waals surface area contributed by atoms with Crippen molar-refractivity contribution >= 4 is 17.3 Å². The zero-order chi connectivity index (χ0) is 14.9. The highest BCUT2D eigenvalue weighted by molar-refractivity contribution is 6.33. The van der Waals surface area contributed by atoms with Crippen LogP contribution in [0.1, 0.15) is 5.56 Å². The van der Waals surface area contributed by atoms with Gasteiger partial charge in [-0.1, -0.05) is 29.8 Å². The minimum absolute atomic E-state index is 0.426. The molecule has 0 bridgehead atoms. The predicted octanol–water partition coefficient (Wildman–Crippen LogP) is 5.09. The third-order valence-corrected chi connectivity index (χ3v) is 3.28. The molecule has 0 aliphatic rings. The van der Waals surface area contributed by atoms with Crippen molar-refractivity contribution in [2.24, 2.45) is 0 Å². The maximum absolute atomic E-state index is 12.7. The second-order valence-electron chi connectivity index (χ2n) is 4.64. The molecule has 20 heavy (non-hydrogen) atoms. The van der Waals surface area contributed by atoms with Crippen molar-refractivity contribution in [3.8, 4) is 11.1 Å². The highest BCUT2D eigenvalue weighted by Crippen LogP contribution is 2.35. The van der Waals surface area contributed by atoms with Crippen LogP contribution in [0.3, 0.4) is 0 Å². The summed E-state index contributed by atoms with van der Waals surface area (Å²) >= 11 is 6.17. The van der Waals surface area contributed by atoms with Crippen molar-refractivity contribution in [2.45, 2.75) is 6.18 Å². The molecule has 0 saturated heterocycles. The van der Waals surface area contributed by atoms with Crippen molar-refractivity contribution in [1.29, 1.82) is 0 Å². The van der Waals surface area contributed by atoms with E-state index in [1.807, 2.05) is 25.1 Å². The first-order chi connectivity index (χ1) is 9.29. The first-order valence-corrected chi connectivity index (χ1v) is 6.31. The lowest BCUT2D eigenvalue weighted by Gasteiger charge is -2.15. The van der Waals surface area contributed by atoms with E-state index >= 15 is 0 Å². The average Bonchev–Trinajstić information content (AvgIpc) is 2.37. The zero-order valence-electron chi connectivity index (χ0n) is 11.0. The topological polar surface area (TPSA) is 3.24 Å². The molecule has 1 nitrogen and oxygen atoms in total. The predicted molar refractivity (Wildman–Crippen MR) is 76.2 cm³/mol. The summed E-state index contributed by atoms with van der Waals surface area (Å²) in [7, 11) is 3.74. The van der Waals surface area contributed by atoms with Crippen LogP contribution in [0.15, 0.2) is 42.5 Å². The number of benzene rings is 2. The second kappa shape index (κ2) is 5.37. The van der Waals surface area contributed by atoms with Crippen LogP contribution in [0.5, 0.6) is 0 Å². The summed E-state index contributed by atoms with van der Waals surface area (Å²) in [5, 5.41) is 0.426. The fourth-order valence-corrected chi connectivity index (χ4v) is 2.16. The fourth-order valence-electron chi connectivity index (χ4n) is 1.88. The molecule has 106 valence electrons. The molecule has 0 aliphatic heterocycles. The van der Waals surface area contributed by atoms with Gasteiger partial charge in [-0.25, -0.2) is 0 Å². The Morgan fingerprint density at radius 2 is 1.70 bits per heavy atom. The number of anilines is 1. The van der Waals surface area contributed by atoms with Crippen LogP contribution in [-0.2, 0) is 6.18 Å². The third-order valence-electron chi connectivity index (χ3n) is 2.97. The van der Waals surface area contributed by atoms with Gasteiger partial charge in [0.15, 0.2) is 0 Å². The monoisotopic (exact) mass is 299 g/mol. The minimum Gasteiger partial charge on any atom is -0.378 e. The SMILES string of the molecule is CN(C)c1ccc(-c2cccc(C(F)(F)F)c2)c(Cl)c1. The highest BCUT2D eigenvalue weighted by Gasteiger charge is 2.30. The fraction of sp³-hybridized carbons (Fsp3) is 0.200. The first-order valence-electron chi connectivity index (χ1n) is 5.93. The molecular formula is C15H13ClF3N. The smallest absolute Gasteiger partial charge is 0.378 e. The third kappa shape index (κ3) is 3.07. The van der Waals surface area contributed by atoms with E-state index in [2.05, 4.69) is 0 Å². The lowest BCUT2D eigenvalue weighted by Crippen LogP contribution is -2.08. The minimum atomic E-state index is -4.36. The van der Waals surface area contributed by atoms with Crippen LogP contribution in [0, 0.1) is 0 Å². The molecule has 0 aliphatic carbocycles. The molecule has 0 N–H and O–H groups in total. The molecule has 2 rings (SSSR count). The van der Waals surface area contributed by atoms with Crippen LogP contribution in [-0.4, -0.2) is 14.1 Å². The van der Waals surface area contributed by atoms with E-state index in [1.54, 1.807) is 18.2 Å². The Kier molecular flexibility index (Phi) is 3.95. The molecule has 2 aromatic carbocycles. The molecule has 0 fully saturated rings. The number of hydrogen-bond donors (Lipinski definition) is 0. The summed E-state index contributed by atoms with van der Waals surface area (Å²) in [5.41, 5.74) is 1.26. The number of nitrogens with zero attached hydrogens (tertiary/aromatic N) is 1. The van der Waals surface area contributed by atoms with Gasteiger partial charge in [0.2, 0.25) is 0 Å². The van der Waals surface area contributed by atoms with Gasteiger partial charge in [0, 0.05) is 25.3 Å². The summed E-state index contributed by atoms with van der Waals surface area (Å²) in [6.07, 6.45) is -4.36. The lowest BCUT2D eigenvalue weighted by molar-refractivity contribution is -0.137. The van der Waals surface area contributed by atoms with Crippen LogP contribution in [0.25, 0.3) is 11.1 Å². The van der Waals surface area contributed by atoms with E-state index in [0.29, 0.717) is 16.1 Å². The van der Waals surface area contributed by atoms with Gasteiger partial charge in [-0.2, -0.15) is 13.2 Å². The largest absolute Gasteiger partial charge is 0.416 e. The maximum Gasteiger partial charge on any atom is 0.416 e. The van der Waals surface area contributed by atoms with Gasteiger partial charge in [-0.3, -0.25) is 0 Å². The standard InChI is InChI=1S/C15H13ClF3N/c1-20(2)12-6-7-13(14(16)9-12)10-4-3-5-11(8-10)15(17,18)19/h3-9H,1-2H3. The molecule has 5 heteroatoms. The number of hydrogen-bond acceptors (Lipinski definition) is 1.